The molecule has 0 spiro atoms. The van der Waals surface area contributed by atoms with Crippen molar-refractivity contribution >= 4 is 35.5 Å². The highest BCUT2D eigenvalue weighted by molar-refractivity contribution is 5.96. The highest BCUT2D eigenvalue weighted by atomic mass is 16.4. The first-order valence-electron chi connectivity index (χ1n) is 12.0. The quantitative estimate of drug-likeness (QED) is 0.0756. The van der Waals surface area contributed by atoms with Crippen LogP contribution in [0.1, 0.15) is 41.9 Å². The maximum Gasteiger partial charge on any atom is 0.305 e. The van der Waals surface area contributed by atoms with Gasteiger partial charge < -0.3 is 38.7 Å². The third kappa shape index (κ3) is 10.1. The molecule has 1 heterocycles. The SMILES string of the molecule is N=C(N)c1ccc(CC(C(=O)N[C@@H](CC(=O)O)C(=O)N[C@@H](CCCN=C(N)N)C(N)=O)c2cccnc2)cc1. The molecule has 14 heteroatoms. The molecule has 1 aromatic heterocycles. The Balaban J connectivity index is 2.23. The molecule has 2 rings (SSSR count). The Hall–Kier alpha value is -5.01. The number of benzene rings is 1. The molecule has 14 nitrogen and oxygen atoms in total. The van der Waals surface area contributed by atoms with Gasteiger partial charge in [-0.3, -0.25) is 34.6 Å². The van der Waals surface area contributed by atoms with Crippen LogP contribution in [0.25, 0.3) is 0 Å². The molecule has 1 aromatic carbocycles. The molecule has 2 aromatic rings. The number of pyridine rings is 1. The second-order valence-corrected chi connectivity index (χ2v) is 8.73. The zero-order chi connectivity index (χ0) is 28.9. The van der Waals surface area contributed by atoms with Crippen LogP contribution < -0.4 is 33.6 Å². The van der Waals surface area contributed by atoms with Gasteiger partial charge in [-0.25, -0.2) is 0 Å². The number of primary amides is 1. The molecule has 12 N–H and O–H groups in total. The van der Waals surface area contributed by atoms with Gasteiger partial charge in [-0.15, -0.1) is 0 Å². The predicted molar refractivity (Wildman–Crippen MR) is 143 cm³/mol. The fraction of sp³-hybridized carbons (Fsp3) is 0.320. The largest absolute Gasteiger partial charge is 0.481 e. The molecule has 1 unspecified atom stereocenters. The van der Waals surface area contributed by atoms with E-state index in [0.29, 0.717) is 17.5 Å². The second-order valence-electron chi connectivity index (χ2n) is 8.73. The van der Waals surface area contributed by atoms with Crippen molar-refractivity contribution in [3.63, 3.8) is 0 Å². The molecular formula is C25H33N9O5. The fourth-order valence-corrected chi connectivity index (χ4v) is 3.72. The van der Waals surface area contributed by atoms with Gasteiger partial charge in [0.15, 0.2) is 5.96 Å². The van der Waals surface area contributed by atoms with Crippen LogP contribution in [0, 0.1) is 5.41 Å². The van der Waals surface area contributed by atoms with Gasteiger partial charge in [-0.2, -0.15) is 0 Å². The number of amides is 3. The van der Waals surface area contributed by atoms with Crippen molar-refractivity contribution in [3.8, 4) is 0 Å². The maximum absolute atomic E-state index is 13.4. The van der Waals surface area contributed by atoms with E-state index in [1.807, 2.05) is 0 Å². The Bertz CT molecular complexity index is 1200. The number of carbonyl (C=O) groups excluding carboxylic acids is 3. The molecule has 0 radical (unpaired) electrons. The van der Waals surface area contributed by atoms with Crippen LogP contribution in [0.4, 0.5) is 0 Å². The summed E-state index contributed by atoms with van der Waals surface area (Å²) in [4.78, 5) is 57.6. The number of nitrogens with zero attached hydrogens (tertiary/aromatic N) is 2. The minimum absolute atomic E-state index is 0.0974. The van der Waals surface area contributed by atoms with E-state index < -0.39 is 48.1 Å². The number of carbonyl (C=O) groups is 4. The number of aliphatic imine (C=N–C) groups is 1. The number of aromatic nitrogens is 1. The van der Waals surface area contributed by atoms with Gasteiger partial charge in [0, 0.05) is 24.5 Å². The maximum atomic E-state index is 13.4. The summed E-state index contributed by atoms with van der Waals surface area (Å²) in [6.45, 7) is 0.192. The topological polar surface area (TPSA) is 266 Å². The molecule has 208 valence electrons. The third-order valence-electron chi connectivity index (χ3n) is 5.72. The minimum atomic E-state index is -1.49. The van der Waals surface area contributed by atoms with Crippen molar-refractivity contribution in [2.24, 2.45) is 27.9 Å². The Kier molecular flexibility index (Phi) is 11.4. The third-order valence-corrected chi connectivity index (χ3v) is 5.72. The first-order valence-corrected chi connectivity index (χ1v) is 12.0. The van der Waals surface area contributed by atoms with Crippen LogP contribution in [-0.4, -0.2) is 64.2 Å². The number of nitrogens with two attached hydrogens (primary N) is 4. The molecule has 3 amide bonds. The van der Waals surface area contributed by atoms with E-state index in [9.17, 15) is 24.3 Å². The molecule has 0 bridgehead atoms. The zero-order valence-electron chi connectivity index (χ0n) is 21.2. The number of carboxylic acid groups (broad SMARTS) is 1. The van der Waals surface area contributed by atoms with Crippen LogP contribution >= 0.6 is 0 Å². The number of nitrogens with one attached hydrogen (secondary N) is 3. The van der Waals surface area contributed by atoms with Crippen LogP contribution in [0.2, 0.25) is 0 Å². The summed E-state index contributed by atoms with van der Waals surface area (Å²) >= 11 is 0. The van der Waals surface area contributed by atoms with E-state index in [4.69, 9.17) is 28.3 Å². The Morgan fingerprint density at radius 3 is 2.18 bits per heavy atom. The second kappa shape index (κ2) is 14.7. The van der Waals surface area contributed by atoms with Gasteiger partial charge in [-0.1, -0.05) is 30.3 Å². The number of aliphatic carboxylic acids is 1. The summed E-state index contributed by atoms with van der Waals surface area (Å²) in [5, 5.41) is 21.8. The summed E-state index contributed by atoms with van der Waals surface area (Å²) in [6.07, 6.45) is 2.90. The van der Waals surface area contributed by atoms with E-state index >= 15 is 0 Å². The normalized spacial score (nSPS) is 12.8. The predicted octanol–water partition coefficient (Wildman–Crippen LogP) is -1.32. The van der Waals surface area contributed by atoms with Gasteiger partial charge in [0.1, 0.15) is 17.9 Å². The summed E-state index contributed by atoms with van der Waals surface area (Å²) in [5.41, 5.74) is 23.2. The highest BCUT2D eigenvalue weighted by Crippen LogP contribution is 2.22. The minimum Gasteiger partial charge on any atom is -0.481 e. The average Bonchev–Trinajstić information content (AvgIpc) is 2.88. The summed E-state index contributed by atoms with van der Waals surface area (Å²) in [5.74, 6) is -4.74. The Morgan fingerprint density at radius 2 is 1.64 bits per heavy atom. The number of hydrogen-bond acceptors (Lipinski definition) is 7. The van der Waals surface area contributed by atoms with E-state index in [1.54, 1.807) is 36.4 Å². The summed E-state index contributed by atoms with van der Waals surface area (Å²) < 4.78 is 0. The summed E-state index contributed by atoms with van der Waals surface area (Å²) in [6, 6.07) is 7.44. The first-order chi connectivity index (χ1) is 18.5. The molecule has 0 aliphatic heterocycles. The lowest BCUT2D eigenvalue weighted by atomic mass is 9.91. The zero-order valence-corrected chi connectivity index (χ0v) is 21.2. The fourth-order valence-electron chi connectivity index (χ4n) is 3.72. The van der Waals surface area contributed by atoms with Crippen molar-refractivity contribution in [1.29, 1.82) is 5.41 Å². The van der Waals surface area contributed by atoms with Crippen molar-refractivity contribution in [1.82, 2.24) is 15.6 Å². The number of guanidine groups is 1. The van der Waals surface area contributed by atoms with Crippen LogP contribution in [0.5, 0.6) is 0 Å². The van der Waals surface area contributed by atoms with E-state index in [2.05, 4.69) is 20.6 Å². The number of rotatable bonds is 15. The lowest BCUT2D eigenvalue weighted by Crippen LogP contribution is -2.54. The van der Waals surface area contributed by atoms with Gasteiger partial charge >= 0.3 is 5.97 Å². The molecule has 3 atom stereocenters. The molecule has 0 saturated heterocycles. The number of nitrogen functional groups attached to an aromatic ring is 1. The van der Waals surface area contributed by atoms with Crippen LogP contribution in [0.15, 0.2) is 53.8 Å². The van der Waals surface area contributed by atoms with Crippen molar-refractivity contribution in [2.45, 2.75) is 43.7 Å². The van der Waals surface area contributed by atoms with Crippen molar-refractivity contribution in [2.75, 3.05) is 6.54 Å². The lowest BCUT2D eigenvalue weighted by molar-refractivity contribution is -0.141. The molecular weight excluding hydrogens is 506 g/mol. The van der Waals surface area contributed by atoms with E-state index in [-0.39, 0.29) is 31.2 Å². The molecule has 39 heavy (non-hydrogen) atoms. The molecule has 0 saturated carbocycles. The molecule has 0 fully saturated rings. The van der Waals surface area contributed by atoms with Gasteiger partial charge in [0.2, 0.25) is 17.7 Å². The van der Waals surface area contributed by atoms with Crippen LogP contribution in [-0.2, 0) is 25.6 Å². The molecule has 0 aliphatic carbocycles. The lowest BCUT2D eigenvalue weighted by Gasteiger charge is -2.24. The first kappa shape index (κ1) is 30.2. The van der Waals surface area contributed by atoms with Crippen molar-refractivity contribution in [3.05, 3.63) is 65.5 Å². The van der Waals surface area contributed by atoms with E-state index in [0.717, 1.165) is 5.56 Å². The smallest absolute Gasteiger partial charge is 0.305 e. The highest BCUT2D eigenvalue weighted by Gasteiger charge is 2.30. The molecule has 0 aliphatic rings. The monoisotopic (exact) mass is 539 g/mol. The number of amidine groups is 1. The van der Waals surface area contributed by atoms with Gasteiger partial charge in [0.05, 0.1) is 12.3 Å². The number of hydrogen-bond donors (Lipinski definition) is 8. The summed E-state index contributed by atoms with van der Waals surface area (Å²) in [7, 11) is 0. The Morgan fingerprint density at radius 1 is 0.974 bits per heavy atom. The standard InChI is InChI=1S/C25H33N9O5/c26-21(27)15-7-5-14(6-8-15)11-17(16-3-1-9-31-13-16)23(38)34-19(12-20(35)36)24(39)33-18(22(28)37)4-2-10-32-25(29)30/h1,3,5-9,13,17-19H,2,4,10-12H2,(H3,26,27)(H2,28,37)(H,33,39)(H,34,38)(H,35,36)(H4,29,30,32)/t17?,18-,19-/m0/s1. The van der Waals surface area contributed by atoms with E-state index in [1.165, 1.54) is 12.4 Å². The average molecular weight is 540 g/mol. The van der Waals surface area contributed by atoms with Gasteiger partial charge in [-0.05, 0) is 36.5 Å². The van der Waals surface area contributed by atoms with Crippen molar-refractivity contribution < 1.29 is 24.3 Å². The van der Waals surface area contributed by atoms with Crippen LogP contribution in [0.3, 0.4) is 0 Å². The Labute approximate surface area is 224 Å². The van der Waals surface area contributed by atoms with Gasteiger partial charge in [0.25, 0.3) is 0 Å². The number of carboxylic acids is 1.